The summed E-state index contributed by atoms with van der Waals surface area (Å²) in [7, 11) is 0. The zero-order chi connectivity index (χ0) is 14.9. The van der Waals surface area contributed by atoms with E-state index in [1.807, 2.05) is 27.4 Å². The average molecular weight is 316 g/mol. The van der Waals surface area contributed by atoms with Crippen LogP contribution in [0.15, 0.2) is 24.0 Å². The number of hydrogen-bond acceptors (Lipinski definition) is 4. The highest BCUT2D eigenvalue weighted by molar-refractivity contribution is 7.09. The van der Waals surface area contributed by atoms with Gasteiger partial charge in [-0.2, -0.15) is 5.10 Å². The lowest BCUT2D eigenvalue weighted by Gasteiger charge is -2.15. The summed E-state index contributed by atoms with van der Waals surface area (Å²) in [6, 6.07) is 0. The molecule has 0 spiro atoms. The van der Waals surface area contributed by atoms with Gasteiger partial charge < -0.3 is 4.90 Å². The van der Waals surface area contributed by atoms with Crippen molar-refractivity contribution in [2.24, 2.45) is 11.8 Å². The van der Waals surface area contributed by atoms with E-state index < -0.39 is 0 Å². The van der Waals surface area contributed by atoms with E-state index in [2.05, 4.69) is 10.1 Å². The largest absolute Gasteiger partial charge is 0.338 e. The molecule has 6 heteroatoms. The number of nitrogens with zero attached hydrogens (tertiary/aromatic N) is 4. The number of likely N-dealkylation sites (tertiary alicyclic amines) is 1. The molecule has 1 aliphatic carbocycles. The van der Waals surface area contributed by atoms with Crippen molar-refractivity contribution in [1.29, 1.82) is 0 Å². The maximum atomic E-state index is 12.6. The van der Waals surface area contributed by atoms with Crippen LogP contribution in [0.2, 0.25) is 0 Å². The highest BCUT2D eigenvalue weighted by atomic mass is 32.1. The molecule has 0 radical (unpaired) electrons. The minimum absolute atomic E-state index is 0.128. The predicted octanol–water partition coefficient (Wildman–Crippen LogP) is 2.45. The maximum absolute atomic E-state index is 12.6. The summed E-state index contributed by atoms with van der Waals surface area (Å²) in [4.78, 5) is 18.9. The molecule has 3 heterocycles. The predicted molar refractivity (Wildman–Crippen MR) is 84.8 cm³/mol. The molecule has 1 atom stereocenters. The highest BCUT2D eigenvalue weighted by Gasteiger charge is 2.28. The van der Waals surface area contributed by atoms with Gasteiger partial charge in [-0.15, -0.1) is 11.3 Å². The molecule has 1 amide bonds. The minimum atomic E-state index is 0.128. The first-order chi connectivity index (χ1) is 10.8. The van der Waals surface area contributed by atoms with Gasteiger partial charge in [0, 0.05) is 43.8 Å². The summed E-state index contributed by atoms with van der Waals surface area (Å²) in [6.07, 6.45) is 10.1. The molecular weight excluding hydrogens is 296 g/mol. The van der Waals surface area contributed by atoms with Crippen molar-refractivity contribution in [3.63, 3.8) is 0 Å². The third kappa shape index (κ3) is 3.06. The number of carbonyl (C=O) groups excluding carboxylic acids is 1. The minimum Gasteiger partial charge on any atom is -0.338 e. The standard InChI is InChI=1S/C16H20N4OS/c21-16(14-8-18-20(11-14)10-12-1-2-12)19-5-3-13(9-19)7-15-17-4-6-22-15/h4,6,8,11-13H,1-3,5,7,9-10H2. The second kappa shape index (κ2) is 5.83. The third-order valence-corrected chi connectivity index (χ3v) is 5.34. The molecule has 1 aliphatic heterocycles. The van der Waals surface area contributed by atoms with Gasteiger partial charge in [0.05, 0.1) is 16.8 Å². The molecule has 5 nitrogen and oxygen atoms in total. The molecule has 0 N–H and O–H groups in total. The Balaban J connectivity index is 1.35. The molecule has 1 saturated carbocycles. The quantitative estimate of drug-likeness (QED) is 0.851. The zero-order valence-corrected chi connectivity index (χ0v) is 13.3. The first-order valence-electron chi connectivity index (χ1n) is 7.98. The molecule has 1 unspecified atom stereocenters. The summed E-state index contributed by atoms with van der Waals surface area (Å²) < 4.78 is 1.92. The number of carbonyl (C=O) groups is 1. The van der Waals surface area contributed by atoms with Crippen LogP contribution in [0.25, 0.3) is 0 Å². The van der Waals surface area contributed by atoms with Crippen molar-refractivity contribution in [2.75, 3.05) is 13.1 Å². The first-order valence-corrected chi connectivity index (χ1v) is 8.86. The lowest BCUT2D eigenvalue weighted by molar-refractivity contribution is 0.0787. The number of thiazole rings is 1. The Labute approximate surface area is 134 Å². The van der Waals surface area contributed by atoms with Crippen molar-refractivity contribution >= 4 is 17.2 Å². The Bertz CT molecular complexity index is 647. The first kappa shape index (κ1) is 13.9. The van der Waals surface area contributed by atoms with Crippen LogP contribution in [0.1, 0.15) is 34.6 Å². The summed E-state index contributed by atoms with van der Waals surface area (Å²) in [6.45, 7) is 2.65. The summed E-state index contributed by atoms with van der Waals surface area (Å²) in [5.41, 5.74) is 0.732. The van der Waals surface area contributed by atoms with E-state index in [-0.39, 0.29) is 5.91 Å². The van der Waals surface area contributed by atoms with E-state index >= 15 is 0 Å². The van der Waals surface area contributed by atoms with Gasteiger partial charge in [0.1, 0.15) is 0 Å². The Morgan fingerprint density at radius 3 is 3.00 bits per heavy atom. The van der Waals surface area contributed by atoms with Crippen LogP contribution in [-0.2, 0) is 13.0 Å². The monoisotopic (exact) mass is 316 g/mol. The normalized spacial score (nSPS) is 21.5. The van der Waals surface area contributed by atoms with Crippen molar-refractivity contribution < 1.29 is 4.79 Å². The van der Waals surface area contributed by atoms with Crippen LogP contribution in [0.5, 0.6) is 0 Å². The van der Waals surface area contributed by atoms with Crippen LogP contribution in [0.4, 0.5) is 0 Å². The third-order valence-electron chi connectivity index (χ3n) is 4.54. The second-order valence-corrected chi connectivity index (χ2v) is 7.41. The van der Waals surface area contributed by atoms with Crippen molar-refractivity contribution in [3.05, 3.63) is 34.5 Å². The lowest BCUT2D eigenvalue weighted by Crippen LogP contribution is -2.28. The molecule has 4 rings (SSSR count). The molecule has 2 aromatic rings. The summed E-state index contributed by atoms with van der Waals surface area (Å²) in [5.74, 6) is 1.44. The average Bonchev–Trinajstić information content (AvgIpc) is 2.97. The summed E-state index contributed by atoms with van der Waals surface area (Å²) in [5, 5.41) is 7.52. The lowest BCUT2D eigenvalue weighted by atomic mass is 10.1. The smallest absolute Gasteiger partial charge is 0.257 e. The van der Waals surface area contributed by atoms with Gasteiger partial charge in [-0.3, -0.25) is 9.48 Å². The fraction of sp³-hybridized carbons (Fsp3) is 0.562. The zero-order valence-electron chi connectivity index (χ0n) is 12.5. The molecule has 2 aliphatic rings. The number of amides is 1. The van der Waals surface area contributed by atoms with Crippen LogP contribution in [-0.4, -0.2) is 38.7 Å². The van der Waals surface area contributed by atoms with E-state index in [9.17, 15) is 4.79 Å². The van der Waals surface area contributed by atoms with E-state index in [4.69, 9.17) is 0 Å². The molecule has 116 valence electrons. The van der Waals surface area contributed by atoms with Crippen LogP contribution < -0.4 is 0 Å². The highest BCUT2D eigenvalue weighted by Crippen LogP contribution is 2.30. The number of rotatable bonds is 5. The van der Waals surface area contributed by atoms with E-state index in [0.717, 1.165) is 44.0 Å². The van der Waals surface area contributed by atoms with Gasteiger partial charge in [0.15, 0.2) is 0 Å². The molecule has 1 saturated heterocycles. The van der Waals surface area contributed by atoms with Gasteiger partial charge in [-0.25, -0.2) is 4.98 Å². The van der Waals surface area contributed by atoms with Gasteiger partial charge in [0.2, 0.25) is 0 Å². The van der Waals surface area contributed by atoms with E-state index in [0.29, 0.717) is 5.92 Å². The van der Waals surface area contributed by atoms with E-state index in [1.165, 1.54) is 17.8 Å². The van der Waals surface area contributed by atoms with Gasteiger partial charge in [-0.05, 0) is 31.1 Å². The Hall–Kier alpha value is -1.69. The fourth-order valence-electron chi connectivity index (χ4n) is 3.11. The van der Waals surface area contributed by atoms with Crippen LogP contribution in [0.3, 0.4) is 0 Å². The maximum Gasteiger partial charge on any atom is 0.257 e. The molecule has 22 heavy (non-hydrogen) atoms. The Morgan fingerprint density at radius 1 is 1.32 bits per heavy atom. The molecule has 2 fully saturated rings. The van der Waals surface area contributed by atoms with Gasteiger partial charge >= 0.3 is 0 Å². The fourth-order valence-corrected chi connectivity index (χ4v) is 3.84. The number of hydrogen-bond donors (Lipinski definition) is 0. The van der Waals surface area contributed by atoms with Gasteiger partial charge in [-0.1, -0.05) is 0 Å². The Kier molecular flexibility index (Phi) is 3.70. The van der Waals surface area contributed by atoms with Crippen molar-refractivity contribution in [1.82, 2.24) is 19.7 Å². The Morgan fingerprint density at radius 2 is 2.23 bits per heavy atom. The molecule has 0 aromatic carbocycles. The second-order valence-electron chi connectivity index (χ2n) is 6.43. The topological polar surface area (TPSA) is 51.0 Å². The van der Waals surface area contributed by atoms with Crippen molar-refractivity contribution in [2.45, 2.75) is 32.2 Å². The van der Waals surface area contributed by atoms with Crippen LogP contribution in [0, 0.1) is 11.8 Å². The van der Waals surface area contributed by atoms with Gasteiger partial charge in [0.25, 0.3) is 5.91 Å². The molecule has 2 aromatic heterocycles. The van der Waals surface area contributed by atoms with E-state index in [1.54, 1.807) is 17.5 Å². The molecular formula is C16H20N4OS. The number of aromatic nitrogens is 3. The molecule has 0 bridgehead atoms. The van der Waals surface area contributed by atoms with Crippen molar-refractivity contribution in [3.8, 4) is 0 Å². The summed E-state index contributed by atoms with van der Waals surface area (Å²) >= 11 is 1.70. The SMILES string of the molecule is O=C(c1cnn(CC2CC2)c1)N1CCC(Cc2nccs2)C1. The van der Waals surface area contributed by atoms with Crippen LogP contribution >= 0.6 is 11.3 Å².